The number of aryl methyl sites for hydroxylation is 2. The van der Waals surface area contributed by atoms with Gasteiger partial charge in [-0.05, 0) is 48.7 Å². The largest absolute Gasteiger partial charge is 0.464 e. The Balaban J connectivity index is 1.77. The molecular weight excluding hydrogens is 324 g/mol. The van der Waals surface area contributed by atoms with Crippen LogP contribution in [0, 0.1) is 6.92 Å². The Bertz CT molecular complexity index is 855. The van der Waals surface area contributed by atoms with Crippen molar-refractivity contribution in [1.82, 2.24) is 4.90 Å². The number of hydrogen-bond acceptors (Lipinski definition) is 2. The summed E-state index contributed by atoms with van der Waals surface area (Å²) in [7, 11) is 0. The third-order valence-electron chi connectivity index (χ3n) is 4.23. The lowest BCUT2D eigenvalue weighted by Gasteiger charge is -2.22. The molecule has 0 unspecified atom stereocenters. The number of carbonyl (C=O) groups is 1. The molecule has 134 valence electrons. The van der Waals surface area contributed by atoms with Crippen molar-refractivity contribution in [3.8, 4) is 0 Å². The fourth-order valence-electron chi connectivity index (χ4n) is 2.83. The molecule has 0 saturated carbocycles. The number of rotatable bonds is 6. The summed E-state index contributed by atoms with van der Waals surface area (Å²) in [4.78, 5) is 14.7. The van der Waals surface area contributed by atoms with Gasteiger partial charge in [-0.3, -0.25) is 0 Å². The molecule has 2 aromatic carbocycles. The van der Waals surface area contributed by atoms with Crippen molar-refractivity contribution in [3.05, 3.63) is 89.4 Å². The van der Waals surface area contributed by atoms with E-state index < -0.39 is 0 Å². The highest BCUT2D eigenvalue weighted by Crippen LogP contribution is 2.16. The van der Waals surface area contributed by atoms with Crippen molar-refractivity contribution in [2.75, 3.05) is 5.32 Å². The molecule has 1 heterocycles. The van der Waals surface area contributed by atoms with Crippen molar-refractivity contribution in [2.24, 2.45) is 0 Å². The molecule has 4 nitrogen and oxygen atoms in total. The maximum absolute atomic E-state index is 12.9. The van der Waals surface area contributed by atoms with Gasteiger partial charge in [0.2, 0.25) is 0 Å². The molecule has 0 bridgehead atoms. The summed E-state index contributed by atoms with van der Waals surface area (Å²) in [5.74, 6) is 1.62. The van der Waals surface area contributed by atoms with Crippen LogP contribution < -0.4 is 5.32 Å². The Labute approximate surface area is 154 Å². The van der Waals surface area contributed by atoms with E-state index in [4.69, 9.17) is 4.42 Å². The number of urea groups is 1. The van der Waals surface area contributed by atoms with E-state index in [0.717, 1.165) is 29.2 Å². The monoisotopic (exact) mass is 348 g/mol. The highest BCUT2D eigenvalue weighted by Gasteiger charge is 2.16. The summed E-state index contributed by atoms with van der Waals surface area (Å²) >= 11 is 0. The molecule has 1 N–H and O–H groups in total. The van der Waals surface area contributed by atoms with Crippen LogP contribution >= 0.6 is 0 Å². The molecule has 0 spiro atoms. The highest BCUT2D eigenvalue weighted by atomic mass is 16.3. The predicted octanol–water partition coefficient (Wildman–Crippen LogP) is 5.38. The van der Waals surface area contributed by atoms with Crippen LogP contribution in [0.25, 0.3) is 0 Å². The Hall–Kier alpha value is -3.01. The molecule has 1 aromatic heterocycles. The van der Waals surface area contributed by atoms with Gasteiger partial charge in [-0.15, -0.1) is 0 Å². The van der Waals surface area contributed by atoms with Gasteiger partial charge < -0.3 is 14.6 Å². The van der Waals surface area contributed by atoms with E-state index in [1.54, 1.807) is 4.90 Å². The minimum Gasteiger partial charge on any atom is -0.464 e. The molecule has 0 fully saturated rings. The number of carbonyl (C=O) groups excluding carboxylic acids is 1. The van der Waals surface area contributed by atoms with E-state index >= 15 is 0 Å². The molecule has 0 saturated heterocycles. The third kappa shape index (κ3) is 4.76. The van der Waals surface area contributed by atoms with E-state index in [-0.39, 0.29) is 6.03 Å². The number of amides is 2. The Kier molecular flexibility index (Phi) is 5.74. The van der Waals surface area contributed by atoms with Crippen LogP contribution in [-0.2, 0) is 19.5 Å². The molecular formula is C22H24N2O2. The zero-order valence-electron chi connectivity index (χ0n) is 15.2. The van der Waals surface area contributed by atoms with Gasteiger partial charge in [-0.25, -0.2) is 4.79 Å². The van der Waals surface area contributed by atoms with Crippen molar-refractivity contribution >= 4 is 11.7 Å². The van der Waals surface area contributed by atoms with Crippen molar-refractivity contribution in [2.45, 2.75) is 33.4 Å². The maximum Gasteiger partial charge on any atom is 0.322 e. The topological polar surface area (TPSA) is 45.5 Å². The first-order valence-corrected chi connectivity index (χ1v) is 8.88. The van der Waals surface area contributed by atoms with Gasteiger partial charge in [0, 0.05) is 12.2 Å². The summed E-state index contributed by atoms with van der Waals surface area (Å²) in [6, 6.07) is 21.6. The lowest BCUT2D eigenvalue weighted by atomic mass is 10.1. The quantitative estimate of drug-likeness (QED) is 0.649. The van der Waals surface area contributed by atoms with Crippen LogP contribution in [0.3, 0.4) is 0 Å². The molecule has 2 amide bonds. The van der Waals surface area contributed by atoms with Gasteiger partial charge in [-0.1, -0.05) is 49.4 Å². The normalized spacial score (nSPS) is 10.5. The van der Waals surface area contributed by atoms with Gasteiger partial charge in [-0.2, -0.15) is 0 Å². The van der Waals surface area contributed by atoms with Crippen LogP contribution in [0.1, 0.15) is 29.6 Å². The second-order valence-corrected chi connectivity index (χ2v) is 6.34. The maximum atomic E-state index is 12.9. The van der Waals surface area contributed by atoms with Crippen LogP contribution in [0.5, 0.6) is 0 Å². The minimum absolute atomic E-state index is 0.142. The van der Waals surface area contributed by atoms with E-state index in [9.17, 15) is 4.79 Å². The van der Waals surface area contributed by atoms with Crippen molar-refractivity contribution in [3.63, 3.8) is 0 Å². The summed E-state index contributed by atoms with van der Waals surface area (Å²) in [6.45, 7) is 4.94. The molecule has 0 aliphatic carbocycles. The second-order valence-electron chi connectivity index (χ2n) is 6.34. The molecule has 26 heavy (non-hydrogen) atoms. The fourth-order valence-corrected chi connectivity index (χ4v) is 2.83. The Morgan fingerprint density at radius 2 is 1.73 bits per heavy atom. The molecule has 0 aliphatic heterocycles. The number of hydrogen-bond donors (Lipinski definition) is 1. The van der Waals surface area contributed by atoms with E-state index in [2.05, 4.69) is 18.3 Å². The van der Waals surface area contributed by atoms with Crippen LogP contribution in [-0.4, -0.2) is 10.9 Å². The predicted molar refractivity (Wildman–Crippen MR) is 104 cm³/mol. The number of furan rings is 1. The molecule has 0 aliphatic rings. The van der Waals surface area contributed by atoms with Crippen molar-refractivity contribution < 1.29 is 9.21 Å². The summed E-state index contributed by atoms with van der Waals surface area (Å²) in [5, 5.41) is 3.01. The first-order valence-electron chi connectivity index (χ1n) is 8.88. The zero-order valence-corrected chi connectivity index (χ0v) is 15.2. The molecule has 3 aromatic rings. The summed E-state index contributed by atoms with van der Waals surface area (Å²) < 4.78 is 5.67. The zero-order chi connectivity index (χ0) is 18.4. The number of benzene rings is 2. The van der Waals surface area contributed by atoms with Gasteiger partial charge in [0.1, 0.15) is 11.5 Å². The standard InChI is InChI=1S/C22H24N2O2/c1-3-18-10-7-11-20(14-18)23-22(25)24(15-19-8-5-4-6-9-19)16-21-13-12-17(2)26-21/h4-14H,3,15-16H2,1-2H3,(H,23,25). The second kappa shape index (κ2) is 8.39. The van der Waals surface area contributed by atoms with E-state index in [0.29, 0.717) is 13.1 Å². The number of nitrogens with one attached hydrogen (secondary N) is 1. The summed E-state index contributed by atoms with van der Waals surface area (Å²) in [6.07, 6.45) is 0.934. The lowest BCUT2D eigenvalue weighted by Crippen LogP contribution is -2.34. The smallest absolute Gasteiger partial charge is 0.322 e. The Morgan fingerprint density at radius 1 is 0.962 bits per heavy atom. The van der Waals surface area contributed by atoms with E-state index in [1.807, 2.05) is 67.6 Å². The first-order chi connectivity index (χ1) is 12.6. The molecule has 0 atom stereocenters. The SMILES string of the molecule is CCc1cccc(NC(=O)N(Cc2ccccc2)Cc2ccc(C)o2)c1. The van der Waals surface area contributed by atoms with E-state index in [1.165, 1.54) is 5.56 Å². The third-order valence-corrected chi connectivity index (χ3v) is 4.23. The van der Waals surface area contributed by atoms with Crippen LogP contribution in [0.2, 0.25) is 0 Å². The molecule has 0 radical (unpaired) electrons. The van der Waals surface area contributed by atoms with Gasteiger partial charge in [0.05, 0.1) is 6.54 Å². The average Bonchev–Trinajstić information content (AvgIpc) is 3.07. The number of nitrogens with zero attached hydrogens (tertiary/aromatic N) is 1. The average molecular weight is 348 g/mol. The van der Waals surface area contributed by atoms with Crippen LogP contribution in [0.15, 0.2) is 71.1 Å². The first kappa shape index (κ1) is 17.8. The van der Waals surface area contributed by atoms with Crippen molar-refractivity contribution in [1.29, 1.82) is 0 Å². The fraction of sp³-hybridized carbons (Fsp3) is 0.227. The highest BCUT2D eigenvalue weighted by molar-refractivity contribution is 5.89. The molecule has 3 rings (SSSR count). The lowest BCUT2D eigenvalue weighted by molar-refractivity contribution is 0.201. The van der Waals surface area contributed by atoms with Gasteiger partial charge >= 0.3 is 6.03 Å². The summed E-state index contributed by atoms with van der Waals surface area (Å²) in [5.41, 5.74) is 3.08. The van der Waals surface area contributed by atoms with Gasteiger partial charge in [0.15, 0.2) is 0 Å². The van der Waals surface area contributed by atoms with Crippen LogP contribution in [0.4, 0.5) is 10.5 Å². The Morgan fingerprint density at radius 3 is 2.42 bits per heavy atom. The minimum atomic E-state index is -0.142. The van der Waals surface area contributed by atoms with Gasteiger partial charge in [0.25, 0.3) is 0 Å². The molecule has 4 heteroatoms. The number of anilines is 1.